The number of rotatable bonds is 7. The number of hydrogen-bond acceptors (Lipinski definition) is 10. The molecule has 0 aliphatic carbocycles. The Balaban J connectivity index is 1.54. The van der Waals surface area contributed by atoms with Gasteiger partial charge in [-0.3, -0.25) is 23.7 Å². The van der Waals surface area contributed by atoms with E-state index in [0.717, 1.165) is 28.0 Å². The zero-order valence-electron chi connectivity index (χ0n) is 19.9. The Hall–Kier alpha value is -3.64. The summed E-state index contributed by atoms with van der Waals surface area (Å²) in [5.74, 6) is -3.02. The number of carbonyl (C=O) groups excluding carboxylic acids is 4. The van der Waals surface area contributed by atoms with Gasteiger partial charge in [0, 0.05) is 0 Å². The molecule has 2 aliphatic rings. The van der Waals surface area contributed by atoms with E-state index >= 15 is 0 Å². The fraction of sp³-hybridized carbons (Fsp3) is 0.320. The van der Waals surface area contributed by atoms with Crippen LogP contribution in [0.1, 0.15) is 40.8 Å². The van der Waals surface area contributed by atoms with Crippen LogP contribution in [0.2, 0.25) is 0 Å². The summed E-state index contributed by atoms with van der Waals surface area (Å²) in [4.78, 5) is 65.7. The second kappa shape index (κ2) is 10.0. The van der Waals surface area contributed by atoms with Crippen LogP contribution >= 0.6 is 23.1 Å². The summed E-state index contributed by atoms with van der Waals surface area (Å²) in [5, 5.41) is -0.395. The Labute approximate surface area is 219 Å². The van der Waals surface area contributed by atoms with Crippen molar-refractivity contribution >= 4 is 52.5 Å². The molecule has 1 fully saturated rings. The van der Waals surface area contributed by atoms with Crippen LogP contribution < -0.4 is 9.77 Å². The SMILES string of the molecule is CCOC(=O)Cn1c2c(sc1=O)[C@H](c1ccco1)C1C(=O)N(c3ccc(C(=O)OCC)cc3)C(=O)C1S2. The number of thioether (sulfide) groups is 1. The molecular weight excluding hydrogens is 520 g/mol. The lowest BCUT2D eigenvalue weighted by Crippen LogP contribution is -2.32. The highest BCUT2D eigenvalue weighted by Crippen LogP contribution is 2.53. The molecule has 4 heterocycles. The number of nitrogens with zero attached hydrogens (tertiary/aromatic N) is 2. The quantitative estimate of drug-likeness (QED) is 0.327. The van der Waals surface area contributed by atoms with Crippen molar-refractivity contribution in [2.75, 3.05) is 18.1 Å². The molecule has 37 heavy (non-hydrogen) atoms. The zero-order valence-corrected chi connectivity index (χ0v) is 21.5. The van der Waals surface area contributed by atoms with E-state index in [0.29, 0.717) is 26.9 Å². The van der Waals surface area contributed by atoms with Crippen molar-refractivity contribution < 1.29 is 33.1 Å². The molecule has 5 rings (SSSR count). The molecule has 2 aliphatic heterocycles. The van der Waals surface area contributed by atoms with E-state index in [2.05, 4.69) is 0 Å². The number of hydrogen-bond donors (Lipinski definition) is 0. The number of amides is 2. The molecule has 0 spiro atoms. The van der Waals surface area contributed by atoms with Gasteiger partial charge >= 0.3 is 16.8 Å². The van der Waals surface area contributed by atoms with Gasteiger partial charge in [0.25, 0.3) is 0 Å². The maximum Gasteiger partial charge on any atom is 0.338 e. The van der Waals surface area contributed by atoms with Gasteiger partial charge in [0.1, 0.15) is 17.6 Å². The first-order chi connectivity index (χ1) is 17.8. The molecule has 192 valence electrons. The maximum absolute atomic E-state index is 13.7. The molecule has 3 atom stereocenters. The summed E-state index contributed by atoms with van der Waals surface area (Å²) < 4.78 is 17.0. The number of esters is 2. The summed E-state index contributed by atoms with van der Waals surface area (Å²) >= 11 is 2.03. The fourth-order valence-corrected chi connectivity index (χ4v) is 7.33. The first-order valence-electron chi connectivity index (χ1n) is 11.6. The average Bonchev–Trinajstić information content (AvgIpc) is 3.57. The highest BCUT2D eigenvalue weighted by molar-refractivity contribution is 8.00. The monoisotopic (exact) mass is 542 g/mol. The third kappa shape index (κ3) is 4.29. The van der Waals surface area contributed by atoms with Gasteiger partial charge in [0.15, 0.2) is 0 Å². The first-order valence-corrected chi connectivity index (χ1v) is 13.3. The Morgan fingerprint density at radius 2 is 1.73 bits per heavy atom. The van der Waals surface area contributed by atoms with Crippen LogP contribution in [0, 0.1) is 5.92 Å². The highest BCUT2D eigenvalue weighted by Gasteiger charge is 2.57. The molecule has 10 nitrogen and oxygen atoms in total. The van der Waals surface area contributed by atoms with E-state index in [4.69, 9.17) is 13.9 Å². The average molecular weight is 543 g/mol. The van der Waals surface area contributed by atoms with Gasteiger partial charge in [-0.15, -0.1) is 0 Å². The van der Waals surface area contributed by atoms with Gasteiger partial charge in [-0.25, -0.2) is 9.69 Å². The predicted molar refractivity (Wildman–Crippen MR) is 134 cm³/mol. The maximum atomic E-state index is 13.7. The van der Waals surface area contributed by atoms with Crippen molar-refractivity contribution in [3.63, 3.8) is 0 Å². The summed E-state index contributed by atoms with van der Waals surface area (Å²) in [6, 6.07) is 9.44. The lowest BCUT2D eigenvalue weighted by atomic mass is 9.87. The van der Waals surface area contributed by atoms with E-state index in [-0.39, 0.29) is 24.6 Å². The molecule has 12 heteroatoms. The van der Waals surface area contributed by atoms with Gasteiger partial charge in [0.2, 0.25) is 11.8 Å². The van der Waals surface area contributed by atoms with Crippen molar-refractivity contribution in [1.29, 1.82) is 0 Å². The predicted octanol–water partition coefficient (Wildman–Crippen LogP) is 3.04. The third-order valence-electron chi connectivity index (χ3n) is 6.13. The Morgan fingerprint density at radius 3 is 2.38 bits per heavy atom. The summed E-state index contributed by atoms with van der Waals surface area (Å²) in [6.45, 7) is 3.48. The Kier molecular flexibility index (Phi) is 6.78. The minimum atomic E-state index is -0.845. The number of anilines is 1. The summed E-state index contributed by atoms with van der Waals surface area (Å²) in [5.41, 5.74) is 0.624. The third-order valence-corrected chi connectivity index (χ3v) is 8.73. The van der Waals surface area contributed by atoms with E-state index in [1.807, 2.05) is 0 Å². The molecule has 1 aromatic carbocycles. The van der Waals surface area contributed by atoms with Crippen molar-refractivity contribution in [1.82, 2.24) is 4.57 Å². The van der Waals surface area contributed by atoms with Crippen molar-refractivity contribution in [2.24, 2.45) is 5.92 Å². The molecule has 2 amide bonds. The Bertz CT molecular complexity index is 1420. The van der Waals surface area contributed by atoms with Gasteiger partial charge < -0.3 is 13.9 Å². The second-order valence-corrected chi connectivity index (χ2v) is 10.4. The number of thiazole rings is 1. The van der Waals surface area contributed by atoms with Crippen LogP contribution in [-0.4, -0.2) is 46.8 Å². The van der Waals surface area contributed by atoms with Crippen LogP contribution in [0.4, 0.5) is 5.69 Å². The number of aromatic nitrogens is 1. The summed E-state index contributed by atoms with van der Waals surface area (Å²) in [7, 11) is 0. The van der Waals surface area contributed by atoms with Crippen LogP contribution in [0.15, 0.2) is 56.9 Å². The topological polar surface area (TPSA) is 125 Å². The largest absolute Gasteiger partial charge is 0.469 e. The van der Waals surface area contributed by atoms with Crippen LogP contribution in [0.5, 0.6) is 0 Å². The molecule has 0 N–H and O–H groups in total. The van der Waals surface area contributed by atoms with E-state index in [1.54, 1.807) is 26.0 Å². The zero-order chi connectivity index (χ0) is 26.3. The van der Waals surface area contributed by atoms with Crippen molar-refractivity contribution in [3.05, 3.63) is 68.5 Å². The van der Waals surface area contributed by atoms with Crippen molar-refractivity contribution in [2.45, 2.75) is 36.6 Å². The van der Waals surface area contributed by atoms with E-state index in [1.165, 1.54) is 35.1 Å². The molecule has 2 unspecified atom stereocenters. The number of imide groups is 1. The number of benzene rings is 1. The Morgan fingerprint density at radius 1 is 1.00 bits per heavy atom. The van der Waals surface area contributed by atoms with Crippen molar-refractivity contribution in [3.8, 4) is 0 Å². The molecule has 2 aromatic heterocycles. The van der Waals surface area contributed by atoms with E-state index in [9.17, 15) is 24.0 Å². The summed E-state index contributed by atoms with van der Waals surface area (Å²) in [6.07, 6.45) is 1.47. The normalized spacial score (nSPS) is 20.5. The first kappa shape index (κ1) is 25.0. The number of carbonyl (C=O) groups is 4. The lowest BCUT2D eigenvalue weighted by Gasteiger charge is -2.28. The highest BCUT2D eigenvalue weighted by atomic mass is 32.2. The smallest absolute Gasteiger partial charge is 0.338 e. The second-order valence-electron chi connectivity index (χ2n) is 8.27. The minimum Gasteiger partial charge on any atom is -0.469 e. The molecule has 0 bridgehead atoms. The van der Waals surface area contributed by atoms with Crippen LogP contribution in [0.25, 0.3) is 0 Å². The van der Waals surface area contributed by atoms with Crippen LogP contribution in [0.3, 0.4) is 0 Å². The van der Waals surface area contributed by atoms with Gasteiger partial charge in [-0.05, 0) is 50.2 Å². The standard InChI is InChI=1S/C25H22N2O8S2/c1-3-33-16(28)12-26-23-20(37-25(26)32)17(15-6-5-11-35-15)18-19(36-23)22(30)27(21(18)29)14-9-7-13(8-10-14)24(31)34-4-2/h5-11,17-19H,3-4,12H2,1-2H3/t17-,18?,19?/m1/s1. The lowest BCUT2D eigenvalue weighted by molar-refractivity contribution is -0.144. The number of fused-ring (bicyclic) bond motifs is 2. The molecule has 1 saturated heterocycles. The molecular formula is C25H22N2O8S2. The molecule has 0 radical (unpaired) electrons. The number of ether oxygens (including phenoxy) is 2. The molecule has 3 aromatic rings. The van der Waals surface area contributed by atoms with Gasteiger partial charge in [-0.2, -0.15) is 0 Å². The number of furan rings is 1. The van der Waals surface area contributed by atoms with E-state index < -0.39 is 40.8 Å². The minimum absolute atomic E-state index is 0.170. The van der Waals surface area contributed by atoms with Gasteiger partial charge in [0.05, 0.1) is 52.5 Å². The molecule has 0 saturated carbocycles. The van der Waals surface area contributed by atoms with Crippen LogP contribution in [-0.2, 0) is 30.4 Å². The van der Waals surface area contributed by atoms with Gasteiger partial charge in [-0.1, -0.05) is 23.1 Å². The fourth-order valence-electron chi connectivity index (χ4n) is 4.58.